The first-order valence-electron chi connectivity index (χ1n) is 6.76. The Hall–Kier alpha value is -0.260. The lowest BCUT2D eigenvalue weighted by Crippen LogP contribution is -2.55. The molecule has 2 unspecified atom stereocenters. The first kappa shape index (κ1) is 14.2. The number of ether oxygens (including phenoxy) is 2. The van der Waals surface area contributed by atoms with Gasteiger partial charge in [0.1, 0.15) is 0 Å². The van der Waals surface area contributed by atoms with Crippen LogP contribution in [0.4, 0.5) is 0 Å². The monoisotopic (exact) mass is 273 g/mol. The molecule has 0 aliphatic carbocycles. The van der Waals surface area contributed by atoms with Gasteiger partial charge in [0, 0.05) is 29.6 Å². The van der Waals surface area contributed by atoms with Gasteiger partial charge < -0.3 is 9.47 Å². The number of morpholine rings is 1. The number of carbonyl (C=O) groups is 1. The maximum absolute atomic E-state index is 11.9. The normalized spacial score (nSPS) is 33.6. The number of thioether (sulfide) groups is 1. The number of carbonyl (C=O) groups excluding carboxylic acids is 1. The summed E-state index contributed by atoms with van der Waals surface area (Å²) in [6.07, 6.45) is 1.61. The van der Waals surface area contributed by atoms with Gasteiger partial charge in [-0.05, 0) is 13.3 Å². The van der Waals surface area contributed by atoms with Crippen molar-refractivity contribution in [2.75, 3.05) is 38.7 Å². The zero-order valence-electron chi connectivity index (χ0n) is 11.3. The van der Waals surface area contributed by atoms with Gasteiger partial charge in [0.2, 0.25) is 0 Å². The van der Waals surface area contributed by atoms with Crippen LogP contribution >= 0.6 is 11.8 Å². The van der Waals surface area contributed by atoms with E-state index in [-0.39, 0.29) is 11.5 Å². The van der Waals surface area contributed by atoms with Crippen molar-refractivity contribution in [3.8, 4) is 0 Å². The summed E-state index contributed by atoms with van der Waals surface area (Å²) in [5, 5.41) is 0.627. The van der Waals surface area contributed by atoms with Crippen molar-refractivity contribution < 1.29 is 14.3 Å². The molecule has 104 valence electrons. The maximum atomic E-state index is 11.9. The largest absolute Gasteiger partial charge is 0.466 e. The fraction of sp³-hybridized carbons (Fsp3) is 0.923. The summed E-state index contributed by atoms with van der Waals surface area (Å²) >= 11 is 1.97. The quantitative estimate of drug-likeness (QED) is 0.727. The van der Waals surface area contributed by atoms with Crippen LogP contribution in [-0.2, 0) is 14.3 Å². The van der Waals surface area contributed by atoms with Crippen molar-refractivity contribution in [1.29, 1.82) is 0 Å². The summed E-state index contributed by atoms with van der Waals surface area (Å²) in [6, 6.07) is 0. The van der Waals surface area contributed by atoms with Crippen LogP contribution in [0.3, 0.4) is 0 Å². The lowest BCUT2D eigenvalue weighted by molar-refractivity contribution is -0.147. The average molecular weight is 273 g/mol. The summed E-state index contributed by atoms with van der Waals surface area (Å²) in [6.45, 7) is 8.02. The first-order valence-corrected chi connectivity index (χ1v) is 7.81. The third-order valence-corrected chi connectivity index (χ3v) is 5.20. The highest BCUT2D eigenvalue weighted by molar-refractivity contribution is 8.00. The summed E-state index contributed by atoms with van der Waals surface area (Å²) < 4.78 is 10.6. The molecule has 0 radical (unpaired) electrons. The Labute approximate surface area is 113 Å². The van der Waals surface area contributed by atoms with Crippen molar-refractivity contribution in [2.45, 2.75) is 37.5 Å². The number of rotatable bonds is 4. The van der Waals surface area contributed by atoms with Gasteiger partial charge in [-0.15, -0.1) is 0 Å². The van der Waals surface area contributed by atoms with Crippen molar-refractivity contribution in [3.63, 3.8) is 0 Å². The third kappa shape index (κ3) is 3.19. The Morgan fingerprint density at radius 2 is 2.22 bits per heavy atom. The SMILES string of the molecule is CCOC(=O)CC1(N2CCOCC2)CSC(C)C1. The molecule has 0 aromatic carbocycles. The van der Waals surface area contributed by atoms with Crippen LogP contribution in [0.15, 0.2) is 0 Å². The van der Waals surface area contributed by atoms with Gasteiger partial charge in [0.25, 0.3) is 0 Å². The summed E-state index contributed by atoms with van der Waals surface area (Å²) in [5.74, 6) is 0.978. The third-order valence-electron chi connectivity index (χ3n) is 3.76. The smallest absolute Gasteiger partial charge is 0.307 e. The highest BCUT2D eigenvalue weighted by Gasteiger charge is 2.45. The van der Waals surface area contributed by atoms with Crippen LogP contribution in [-0.4, -0.2) is 60.3 Å². The summed E-state index contributed by atoms with van der Waals surface area (Å²) in [5.41, 5.74) is 0.000116. The average Bonchev–Trinajstić information content (AvgIpc) is 2.73. The number of hydrogen-bond acceptors (Lipinski definition) is 5. The van der Waals surface area contributed by atoms with Gasteiger partial charge in [-0.25, -0.2) is 0 Å². The van der Waals surface area contributed by atoms with Gasteiger partial charge in [-0.2, -0.15) is 11.8 Å². The molecule has 2 fully saturated rings. The molecule has 2 atom stereocenters. The van der Waals surface area contributed by atoms with E-state index in [0.29, 0.717) is 18.3 Å². The van der Waals surface area contributed by atoms with E-state index in [1.54, 1.807) is 0 Å². The molecule has 0 N–H and O–H groups in total. The van der Waals surface area contributed by atoms with Gasteiger partial charge >= 0.3 is 5.97 Å². The molecule has 2 saturated heterocycles. The van der Waals surface area contributed by atoms with Crippen LogP contribution in [0, 0.1) is 0 Å². The Balaban J connectivity index is 2.05. The van der Waals surface area contributed by atoms with E-state index in [9.17, 15) is 4.79 Å². The van der Waals surface area contributed by atoms with Crippen LogP contribution in [0.2, 0.25) is 0 Å². The Morgan fingerprint density at radius 1 is 1.50 bits per heavy atom. The van der Waals surface area contributed by atoms with Crippen molar-refractivity contribution in [1.82, 2.24) is 4.90 Å². The zero-order valence-corrected chi connectivity index (χ0v) is 12.1. The second-order valence-electron chi connectivity index (χ2n) is 5.13. The van der Waals surface area contributed by atoms with E-state index >= 15 is 0 Å². The standard InChI is InChI=1S/C13H23NO3S/c1-3-17-12(15)9-13(8-11(2)18-10-13)14-4-6-16-7-5-14/h11H,3-10H2,1-2H3. The van der Waals surface area contributed by atoms with Crippen molar-refractivity contribution in [3.05, 3.63) is 0 Å². The molecule has 2 rings (SSSR count). The van der Waals surface area contributed by atoms with E-state index in [0.717, 1.165) is 38.5 Å². The minimum Gasteiger partial charge on any atom is -0.466 e. The Morgan fingerprint density at radius 3 is 2.78 bits per heavy atom. The molecule has 0 bridgehead atoms. The number of nitrogens with zero attached hydrogens (tertiary/aromatic N) is 1. The van der Waals surface area contributed by atoms with E-state index in [1.165, 1.54) is 0 Å². The predicted molar refractivity (Wildman–Crippen MR) is 72.9 cm³/mol. The number of esters is 1. The van der Waals surface area contributed by atoms with E-state index in [1.807, 2.05) is 18.7 Å². The molecule has 0 spiro atoms. The molecular formula is C13H23NO3S. The van der Waals surface area contributed by atoms with Gasteiger partial charge in [0.05, 0.1) is 26.2 Å². The molecule has 5 heteroatoms. The summed E-state index contributed by atoms with van der Waals surface area (Å²) in [7, 11) is 0. The van der Waals surface area contributed by atoms with Crippen LogP contribution < -0.4 is 0 Å². The van der Waals surface area contributed by atoms with Crippen molar-refractivity contribution >= 4 is 17.7 Å². The molecule has 2 aliphatic heterocycles. The topological polar surface area (TPSA) is 38.8 Å². The lowest BCUT2D eigenvalue weighted by atomic mass is 9.89. The predicted octanol–water partition coefficient (Wildman–Crippen LogP) is 1.54. The summed E-state index contributed by atoms with van der Waals surface area (Å²) in [4.78, 5) is 14.3. The molecule has 0 aromatic heterocycles. The highest BCUT2D eigenvalue weighted by atomic mass is 32.2. The molecule has 2 heterocycles. The van der Waals surface area contributed by atoms with E-state index in [2.05, 4.69) is 11.8 Å². The maximum Gasteiger partial charge on any atom is 0.307 e. The van der Waals surface area contributed by atoms with Gasteiger partial charge in [-0.1, -0.05) is 6.92 Å². The van der Waals surface area contributed by atoms with E-state index < -0.39 is 0 Å². The van der Waals surface area contributed by atoms with Crippen LogP contribution in [0.5, 0.6) is 0 Å². The fourth-order valence-electron chi connectivity index (χ4n) is 2.92. The fourth-order valence-corrected chi connectivity index (χ4v) is 4.35. The van der Waals surface area contributed by atoms with Gasteiger partial charge in [0.15, 0.2) is 0 Å². The Bertz CT molecular complexity index is 294. The van der Waals surface area contributed by atoms with Crippen LogP contribution in [0.1, 0.15) is 26.7 Å². The first-order chi connectivity index (χ1) is 8.66. The lowest BCUT2D eigenvalue weighted by Gasteiger charge is -2.42. The zero-order chi connectivity index (χ0) is 13.0. The highest BCUT2D eigenvalue weighted by Crippen LogP contribution is 2.41. The molecule has 0 amide bonds. The number of hydrogen-bond donors (Lipinski definition) is 0. The molecule has 0 aromatic rings. The molecule has 4 nitrogen and oxygen atoms in total. The second-order valence-corrected chi connectivity index (χ2v) is 6.56. The molecule has 18 heavy (non-hydrogen) atoms. The second kappa shape index (κ2) is 6.26. The molecular weight excluding hydrogens is 250 g/mol. The molecule has 0 saturated carbocycles. The molecule has 2 aliphatic rings. The van der Waals surface area contributed by atoms with Crippen molar-refractivity contribution in [2.24, 2.45) is 0 Å². The van der Waals surface area contributed by atoms with Crippen LogP contribution in [0.25, 0.3) is 0 Å². The Kier molecular flexibility index (Phi) is 4.92. The minimum atomic E-state index is -0.0568. The van der Waals surface area contributed by atoms with Gasteiger partial charge in [-0.3, -0.25) is 9.69 Å². The minimum absolute atomic E-state index is 0.000116. The van der Waals surface area contributed by atoms with E-state index in [4.69, 9.17) is 9.47 Å².